The first-order valence-corrected chi connectivity index (χ1v) is 8.57. The van der Waals surface area contributed by atoms with Gasteiger partial charge in [0, 0.05) is 18.8 Å². The van der Waals surface area contributed by atoms with Gasteiger partial charge in [-0.3, -0.25) is 9.47 Å². The average molecular weight is 299 g/mol. The number of fused-ring (bicyclic) bond motifs is 1. The molecule has 0 amide bonds. The van der Waals surface area contributed by atoms with Crippen LogP contribution in [-0.4, -0.2) is 38.6 Å². The lowest BCUT2D eigenvalue weighted by molar-refractivity contribution is 0.150. The molecule has 2 aromatic rings. The lowest BCUT2D eigenvalue weighted by Crippen LogP contribution is -2.35. The van der Waals surface area contributed by atoms with E-state index in [2.05, 4.69) is 39.7 Å². The molecular weight excluding hydrogens is 274 g/mol. The van der Waals surface area contributed by atoms with Gasteiger partial charge in [-0.2, -0.15) is 0 Å². The normalized spacial score (nSPS) is 26.5. The minimum atomic E-state index is 0.379. The van der Waals surface area contributed by atoms with Gasteiger partial charge in [0.25, 0.3) is 0 Å². The Bertz CT molecular complexity index is 656. The molecule has 2 fully saturated rings. The third kappa shape index (κ3) is 2.23. The van der Waals surface area contributed by atoms with E-state index in [-0.39, 0.29) is 0 Å². The zero-order valence-electron chi connectivity index (χ0n) is 13.5. The molecule has 2 aliphatic heterocycles. The molecule has 118 valence electrons. The first kappa shape index (κ1) is 14.2. The molecule has 4 rings (SSSR count). The molecule has 0 bridgehead atoms. The van der Waals surface area contributed by atoms with Crippen LogP contribution >= 0.6 is 0 Å². The first-order chi connectivity index (χ1) is 10.8. The van der Waals surface area contributed by atoms with Crippen molar-refractivity contribution in [2.24, 2.45) is 0 Å². The van der Waals surface area contributed by atoms with Crippen LogP contribution in [0, 0.1) is 0 Å². The van der Waals surface area contributed by atoms with Crippen molar-refractivity contribution in [2.45, 2.75) is 57.8 Å². The van der Waals surface area contributed by atoms with Crippen molar-refractivity contribution < 1.29 is 0 Å². The number of aromatic nitrogens is 3. The van der Waals surface area contributed by atoms with E-state index < -0.39 is 0 Å². The second kappa shape index (κ2) is 5.63. The molecule has 22 heavy (non-hydrogen) atoms. The third-order valence-electron chi connectivity index (χ3n) is 5.07. The second-order valence-electron chi connectivity index (χ2n) is 6.79. The van der Waals surface area contributed by atoms with Gasteiger partial charge in [0.1, 0.15) is 11.3 Å². The Hall–Kier alpha value is -1.46. The van der Waals surface area contributed by atoms with Crippen molar-refractivity contribution in [1.82, 2.24) is 24.8 Å². The molecule has 0 spiro atoms. The fourth-order valence-electron chi connectivity index (χ4n) is 4.04. The van der Waals surface area contributed by atoms with E-state index in [0.717, 1.165) is 17.7 Å². The smallest absolute Gasteiger partial charge is 0.161 e. The van der Waals surface area contributed by atoms with E-state index in [4.69, 9.17) is 4.98 Å². The molecule has 2 unspecified atom stereocenters. The molecule has 0 radical (unpaired) electrons. The summed E-state index contributed by atoms with van der Waals surface area (Å²) in [5, 5.41) is 3.61. The van der Waals surface area contributed by atoms with Crippen LogP contribution < -0.4 is 5.32 Å². The van der Waals surface area contributed by atoms with E-state index in [1.54, 1.807) is 0 Å². The maximum Gasteiger partial charge on any atom is 0.161 e. The summed E-state index contributed by atoms with van der Waals surface area (Å²) in [5.41, 5.74) is 2.07. The van der Waals surface area contributed by atoms with Gasteiger partial charge >= 0.3 is 0 Å². The highest BCUT2D eigenvalue weighted by Crippen LogP contribution is 2.35. The van der Waals surface area contributed by atoms with Gasteiger partial charge in [-0.25, -0.2) is 9.97 Å². The second-order valence-corrected chi connectivity index (χ2v) is 6.79. The summed E-state index contributed by atoms with van der Waals surface area (Å²) in [5.74, 6) is 1.18. The van der Waals surface area contributed by atoms with Crippen LogP contribution in [0.15, 0.2) is 18.3 Å². The minimum absolute atomic E-state index is 0.379. The zero-order valence-corrected chi connectivity index (χ0v) is 13.5. The number of pyridine rings is 1. The molecule has 2 atom stereocenters. The maximum atomic E-state index is 4.94. The van der Waals surface area contributed by atoms with Crippen LogP contribution in [-0.2, 0) is 0 Å². The van der Waals surface area contributed by atoms with Crippen molar-refractivity contribution in [2.75, 3.05) is 13.1 Å². The van der Waals surface area contributed by atoms with Gasteiger partial charge in [0.15, 0.2) is 5.65 Å². The van der Waals surface area contributed by atoms with Gasteiger partial charge in [0.2, 0.25) is 0 Å². The average Bonchev–Trinajstić information content (AvgIpc) is 3.24. The summed E-state index contributed by atoms with van der Waals surface area (Å²) < 4.78 is 2.42. The highest BCUT2D eigenvalue weighted by atomic mass is 15.4. The largest absolute Gasteiger partial charge is 0.307 e. The number of hydrogen-bond acceptors (Lipinski definition) is 4. The maximum absolute atomic E-state index is 4.94. The number of imidazole rings is 1. The quantitative estimate of drug-likeness (QED) is 0.946. The Morgan fingerprint density at radius 2 is 2.18 bits per heavy atom. The summed E-state index contributed by atoms with van der Waals surface area (Å²) in [4.78, 5) is 12.2. The topological polar surface area (TPSA) is 46.0 Å². The highest BCUT2D eigenvalue weighted by Gasteiger charge is 2.33. The molecule has 2 aliphatic rings. The van der Waals surface area contributed by atoms with Crippen LogP contribution in [0.25, 0.3) is 11.2 Å². The molecule has 0 aliphatic carbocycles. The van der Waals surface area contributed by atoms with Crippen LogP contribution in [0.4, 0.5) is 0 Å². The molecule has 2 saturated heterocycles. The summed E-state index contributed by atoms with van der Waals surface area (Å²) in [6.45, 7) is 6.85. The predicted octanol–water partition coefficient (Wildman–Crippen LogP) is 2.86. The molecule has 0 aromatic carbocycles. The molecule has 4 heterocycles. The van der Waals surface area contributed by atoms with Crippen LogP contribution in [0.1, 0.15) is 57.6 Å². The monoisotopic (exact) mass is 299 g/mol. The number of hydrogen-bond donors (Lipinski definition) is 1. The highest BCUT2D eigenvalue weighted by molar-refractivity contribution is 5.71. The molecule has 0 saturated carbocycles. The summed E-state index contributed by atoms with van der Waals surface area (Å²) in [6, 6.07) is 5.01. The standard InChI is InChI=1S/C17H25N5/c1-12(2)21-11-5-8-15(21)22-16-14(7-4-10-19-16)20-17(22)13-6-3-9-18-13/h4,7,10,12-13,15,18H,3,5-6,8-9,11H2,1-2H3. The SMILES string of the molecule is CC(C)N1CCCC1n1c(C2CCCN2)nc2cccnc21. The number of nitrogens with zero attached hydrogens (tertiary/aromatic N) is 4. The lowest BCUT2D eigenvalue weighted by Gasteiger charge is -2.31. The van der Waals surface area contributed by atoms with Crippen LogP contribution in [0.5, 0.6) is 0 Å². The summed E-state index contributed by atoms with van der Waals surface area (Å²) in [6.07, 6.45) is 7.16. The third-order valence-corrected chi connectivity index (χ3v) is 5.07. The predicted molar refractivity (Wildman–Crippen MR) is 87.6 cm³/mol. The van der Waals surface area contributed by atoms with Crippen molar-refractivity contribution in [3.05, 3.63) is 24.2 Å². The van der Waals surface area contributed by atoms with Crippen molar-refractivity contribution in [3.8, 4) is 0 Å². The molecule has 5 heteroatoms. The zero-order chi connectivity index (χ0) is 15.1. The van der Waals surface area contributed by atoms with E-state index in [9.17, 15) is 0 Å². The number of rotatable bonds is 3. The Morgan fingerprint density at radius 3 is 2.95 bits per heavy atom. The van der Waals surface area contributed by atoms with Gasteiger partial charge in [0.05, 0.1) is 12.2 Å². The fourth-order valence-corrected chi connectivity index (χ4v) is 4.04. The fraction of sp³-hybridized carbons (Fsp3) is 0.647. The number of likely N-dealkylation sites (tertiary alicyclic amines) is 1. The van der Waals surface area contributed by atoms with Crippen LogP contribution in [0.2, 0.25) is 0 Å². The van der Waals surface area contributed by atoms with Crippen molar-refractivity contribution in [3.63, 3.8) is 0 Å². The van der Waals surface area contributed by atoms with Crippen LogP contribution in [0.3, 0.4) is 0 Å². The van der Waals surface area contributed by atoms with Crippen molar-refractivity contribution in [1.29, 1.82) is 0 Å². The first-order valence-electron chi connectivity index (χ1n) is 8.57. The van der Waals surface area contributed by atoms with Gasteiger partial charge < -0.3 is 5.32 Å². The Balaban J connectivity index is 1.85. The van der Waals surface area contributed by atoms with E-state index in [1.807, 2.05) is 12.3 Å². The molecule has 2 aromatic heterocycles. The minimum Gasteiger partial charge on any atom is -0.307 e. The van der Waals surface area contributed by atoms with E-state index in [1.165, 1.54) is 38.1 Å². The Morgan fingerprint density at radius 1 is 1.27 bits per heavy atom. The molecular formula is C17H25N5. The van der Waals surface area contributed by atoms with Gasteiger partial charge in [-0.1, -0.05) is 0 Å². The molecule has 5 nitrogen and oxygen atoms in total. The van der Waals surface area contributed by atoms with Gasteiger partial charge in [-0.05, 0) is 58.2 Å². The van der Waals surface area contributed by atoms with E-state index >= 15 is 0 Å². The summed E-state index contributed by atoms with van der Waals surface area (Å²) in [7, 11) is 0. The summed E-state index contributed by atoms with van der Waals surface area (Å²) >= 11 is 0. The van der Waals surface area contributed by atoms with E-state index in [0.29, 0.717) is 18.2 Å². The lowest BCUT2D eigenvalue weighted by atomic mass is 10.2. The number of nitrogens with one attached hydrogen (secondary N) is 1. The van der Waals surface area contributed by atoms with Crippen molar-refractivity contribution >= 4 is 11.2 Å². The Kier molecular flexibility index (Phi) is 3.62. The van der Waals surface area contributed by atoms with Gasteiger partial charge in [-0.15, -0.1) is 0 Å². The Labute approximate surface area is 131 Å². The molecule has 1 N–H and O–H groups in total.